The number of pyridine rings is 1. The number of rotatable bonds is 6. The normalized spacial score (nSPS) is 10.5. The molecule has 1 N–H and O–H groups in total. The number of aryl methyl sites for hydroxylation is 1. The van der Waals surface area contributed by atoms with Gasteiger partial charge < -0.3 is 14.6 Å². The van der Waals surface area contributed by atoms with Crippen LogP contribution in [0.5, 0.6) is 5.75 Å². The van der Waals surface area contributed by atoms with Gasteiger partial charge >= 0.3 is 0 Å². The van der Waals surface area contributed by atoms with Crippen molar-refractivity contribution in [2.75, 3.05) is 7.05 Å². The number of ether oxygens (including phenoxy) is 1. The molecule has 3 rings (SSSR count). The first kappa shape index (κ1) is 19.2. The number of halogens is 1. The number of nitrogens with zero attached hydrogens (tertiary/aromatic N) is 3. The molecule has 0 aliphatic carbocycles. The van der Waals surface area contributed by atoms with Crippen LogP contribution in [0.4, 0.5) is 4.39 Å². The molecule has 0 aliphatic rings. The van der Waals surface area contributed by atoms with Crippen LogP contribution in [-0.2, 0) is 13.2 Å². The molecule has 1 amide bonds. The van der Waals surface area contributed by atoms with Crippen LogP contribution in [0, 0.1) is 12.7 Å². The summed E-state index contributed by atoms with van der Waals surface area (Å²) < 4.78 is 18.3. The molecule has 2 heterocycles. The Morgan fingerprint density at radius 1 is 1.21 bits per heavy atom. The maximum Gasteiger partial charge on any atom is 0.263 e. The molecule has 144 valence electrons. The van der Waals surface area contributed by atoms with Crippen LogP contribution in [0.25, 0.3) is 0 Å². The summed E-state index contributed by atoms with van der Waals surface area (Å²) in [4.78, 5) is 37.0. The van der Waals surface area contributed by atoms with E-state index in [1.54, 1.807) is 13.2 Å². The van der Waals surface area contributed by atoms with Gasteiger partial charge in [-0.3, -0.25) is 14.6 Å². The van der Waals surface area contributed by atoms with Gasteiger partial charge in [0.05, 0.1) is 0 Å². The van der Waals surface area contributed by atoms with E-state index in [0.717, 1.165) is 11.3 Å². The number of H-pyrrole nitrogens is 1. The van der Waals surface area contributed by atoms with Crippen molar-refractivity contribution in [2.45, 2.75) is 20.1 Å². The highest BCUT2D eigenvalue weighted by Crippen LogP contribution is 2.12. The average Bonchev–Trinajstić information content (AvgIpc) is 2.67. The third kappa shape index (κ3) is 4.79. The van der Waals surface area contributed by atoms with E-state index in [-0.39, 0.29) is 23.8 Å². The van der Waals surface area contributed by atoms with Crippen LogP contribution in [0.3, 0.4) is 0 Å². The maximum absolute atomic E-state index is 12.9. The van der Waals surface area contributed by atoms with Crippen molar-refractivity contribution >= 4 is 5.91 Å². The molecule has 0 aliphatic heterocycles. The van der Waals surface area contributed by atoms with Gasteiger partial charge in [0.1, 0.15) is 29.6 Å². The lowest BCUT2D eigenvalue weighted by Crippen LogP contribution is -2.32. The van der Waals surface area contributed by atoms with Crippen LogP contribution in [0.2, 0.25) is 0 Å². The second-order valence-corrected chi connectivity index (χ2v) is 6.28. The first-order chi connectivity index (χ1) is 13.4. The third-order valence-electron chi connectivity index (χ3n) is 4.00. The number of aromatic amines is 1. The molecule has 7 nitrogen and oxygen atoms in total. The smallest absolute Gasteiger partial charge is 0.263 e. The van der Waals surface area contributed by atoms with E-state index in [0.29, 0.717) is 12.3 Å². The monoisotopic (exact) mass is 382 g/mol. The van der Waals surface area contributed by atoms with Crippen molar-refractivity contribution in [3.05, 3.63) is 87.6 Å². The summed E-state index contributed by atoms with van der Waals surface area (Å²) >= 11 is 0. The van der Waals surface area contributed by atoms with Gasteiger partial charge in [-0.25, -0.2) is 9.37 Å². The lowest BCUT2D eigenvalue weighted by molar-refractivity contribution is 0.0782. The Morgan fingerprint density at radius 2 is 1.96 bits per heavy atom. The van der Waals surface area contributed by atoms with Gasteiger partial charge in [-0.2, -0.15) is 0 Å². The maximum atomic E-state index is 12.9. The minimum absolute atomic E-state index is 0.0124. The highest BCUT2D eigenvalue weighted by molar-refractivity contribution is 5.93. The van der Waals surface area contributed by atoms with Crippen LogP contribution in [0.1, 0.15) is 27.4 Å². The van der Waals surface area contributed by atoms with E-state index in [9.17, 15) is 14.0 Å². The summed E-state index contributed by atoms with van der Waals surface area (Å²) in [5.74, 6) is -0.100. The largest absolute Gasteiger partial charge is 0.486 e. The highest BCUT2D eigenvalue weighted by Gasteiger charge is 2.17. The van der Waals surface area contributed by atoms with E-state index in [2.05, 4.69) is 15.0 Å². The Kier molecular flexibility index (Phi) is 5.78. The second-order valence-electron chi connectivity index (χ2n) is 6.28. The summed E-state index contributed by atoms with van der Waals surface area (Å²) in [6.45, 7) is 2.20. The molecule has 0 spiro atoms. The van der Waals surface area contributed by atoms with E-state index in [4.69, 9.17) is 4.74 Å². The van der Waals surface area contributed by atoms with Crippen molar-refractivity contribution in [3.8, 4) is 5.75 Å². The Balaban J connectivity index is 1.66. The van der Waals surface area contributed by atoms with Crippen LogP contribution >= 0.6 is 0 Å². The van der Waals surface area contributed by atoms with Gasteiger partial charge in [0, 0.05) is 31.7 Å². The fourth-order valence-corrected chi connectivity index (χ4v) is 2.59. The molecule has 1 aromatic carbocycles. The molecular weight excluding hydrogens is 363 g/mol. The first-order valence-electron chi connectivity index (χ1n) is 8.56. The zero-order valence-electron chi connectivity index (χ0n) is 15.5. The SMILES string of the molecule is Cc1cc(CN(C)C(=O)c2cnc(COc3ccc(F)cc3)[nH]c2=O)ccn1. The number of carbonyl (C=O) groups is 1. The van der Waals surface area contributed by atoms with Crippen molar-refractivity contribution in [2.24, 2.45) is 0 Å². The first-order valence-corrected chi connectivity index (χ1v) is 8.56. The number of hydrogen-bond donors (Lipinski definition) is 1. The van der Waals surface area contributed by atoms with E-state index < -0.39 is 11.5 Å². The molecule has 0 bridgehead atoms. The van der Waals surface area contributed by atoms with Crippen molar-refractivity contribution in [3.63, 3.8) is 0 Å². The fourth-order valence-electron chi connectivity index (χ4n) is 2.59. The summed E-state index contributed by atoms with van der Waals surface area (Å²) in [6.07, 6.45) is 2.91. The van der Waals surface area contributed by atoms with Gasteiger partial charge in [-0.05, 0) is 48.9 Å². The number of amides is 1. The third-order valence-corrected chi connectivity index (χ3v) is 4.00. The van der Waals surface area contributed by atoms with Crippen LogP contribution in [0.15, 0.2) is 53.6 Å². The lowest BCUT2D eigenvalue weighted by atomic mass is 10.2. The standard InChI is InChI=1S/C20H19FN4O3/c1-13-9-14(7-8-22-13)11-25(2)20(27)17-10-23-18(24-19(17)26)12-28-16-5-3-15(21)4-6-16/h3-10H,11-12H2,1-2H3,(H,23,24,26). The molecule has 8 heteroatoms. The minimum atomic E-state index is -0.546. The fraction of sp³-hybridized carbons (Fsp3) is 0.200. The van der Waals surface area contributed by atoms with Gasteiger partial charge in [-0.1, -0.05) is 0 Å². The molecule has 0 radical (unpaired) electrons. The molecule has 0 fully saturated rings. The van der Waals surface area contributed by atoms with Crippen molar-refractivity contribution in [1.29, 1.82) is 0 Å². The van der Waals surface area contributed by atoms with E-state index in [1.807, 2.05) is 19.1 Å². The Hall–Kier alpha value is -3.55. The topological polar surface area (TPSA) is 88.2 Å². The number of nitrogens with one attached hydrogen (secondary N) is 1. The summed E-state index contributed by atoms with van der Waals surface area (Å²) in [6, 6.07) is 9.18. The highest BCUT2D eigenvalue weighted by atomic mass is 19.1. The Labute approximate surface area is 160 Å². The molecule has 0 saturated carbocycles. The zero-order chi connectivity index (χ0) is 20.1. The second kappa shape index (κ2) is 8.43. The quantitative estimate of drug-likeness (QED) is 0.708. The van der Waals surface area contributed by atoms with Gasteiger partial charge in [-0.15, -0.1) is 0 Å². The minimum Gasteiger partial charge on any atom is -0.486 e. The molecule has 3 aromatic rings. The van der Waals surface area contributed by atoms with E-state index in [1.165, 1.54) is 35.4 Å². The lowest BCUT2D eigenvalue weighted by Gasteiger charge is -2.17. The molecule has 0 saturated heterocycles. The Morgan fingerprint density at radius 3 is 2.64 bits per heavy atom. The van der Waals surface area contributed by atoms with Crippen LogP contribution < -0.4 is 10.3 Å². The van der Waals surface area contributed by atoms with Crippen LogP contribution in [-0.4, -0.2) is 32.8 Å². The number of aromatic nitrogens is 3. The summed E-state index contributed by atoms with van der Waals surface area (Å²) in [5, 5.41) is 0. The molecule has 0 unspecified atom stereocenters. The van der Waals surface area contributed by atoms with Crippen molar-refractivity contribution in [1.82, 2.24) is 19.9 Å². The number of hydrogen-bond acceptors (Lipinski definition) is 5. The van der Waals surface area contributed by atoms with Gasteiger partial charge in [0.2, 0.25) is 0 Å². The summed E-state index contributed by atoms with van der Waals surface area (Å²) in [5.41, 5.74) is 1.16. The average molecular weight is 382 g/mol. The number of carbonyl (C=O) groups excluding carboxylic acids is 1. The molecule has 28 heavy (non-hydrogen) atoms. The molecule has 0 atom stereocenters. The molecule has 2 aromatic heterocycles. The molecular formula is C20H19FN4O3. The predicted octanol–water partition coefficient (Wildman–Crippen LogP) is 2.46. The predicted molar refractivity (Wildman–Crippen MR) is 100 cm³/mol. The van der Waals surface area contributed by atoms with Gasteiger partial charge in [0.15, 0.2) is 0 Å². The van der Waals surface area contributed by atoms with Gasteiger partial charge in [0.25, 0.3) is 11.5 Å². The van der Waals surface area contributed by atoms with E-state index >= 15 is 0 Å². The van der Waals surface area contributed by atoms with Crippen molar-refractivity contribution < 1.29 is 13.9 Å². The summed E-state index contributed by atoms with van der Waals surface area (Å²) in [7, 11) is 1.61. The number of benzene rings is 1. The Bertz CT molecular complexity index is 1030. The zero-order valence-corrected chi connectivity index (χ0v) is 15.5.